The normalized spacial score (nSPS) is 20.6. The number of unbranched alkanes of at least 4 members (excludes halogenated alkanes) is 1. The Morgan fingerprint density at radius 3 is 2.90 bits per heavy atom. The molecule has 0 saturated carbocycles. The molecular weight excluding hydrogens is 242 g/mol. The molecule has 2 aliphatic rings. The lowest BCUT2D eigenvalue weighted by Crippen LogP contribution is -2.08. The molecule has 1 aromatic carbocycles. The maximum absolute atomic E-state index is 5.66. The van der Waals surface area contributed by atoms with E-state index in [2.05, 4.69) is 48.6 Å². The van der Waals surface area contributed by atoms with Gasteiger partial charge in [0.1, 0.15) is 0 Å². The van der Waals surface area contributed by atoms with Crippen molar-refractivity contribution in [3.05, 3.63) is 70.8 Å². The third kappa shape index (κ3) is 2.64. The topological polar surface area (TPSA) is 26.0 Å². The van der Waals surface area contributed by atoms with Gasteiger partial charge in [-0.15, -0.1) is 0 Å². The van der Waals surface area contributed by atoms with Gasteiger partial charge < -0.3 is 5.73 Å². The molecule has 0 amide bonds. The summed E-state index contributed by atoms with van der Waals surface area (Å²) in [5.74, 6) is 0.552. The van der Waals surface area contributed by atoms with Crippen LogP contribution in [0.1, 0.15) is 42.7 Å². The monoisotopic (exact) mass is 265 g/mol. The van der Waals surface area contributed by atoms with Gasteiger partial charge in [-0.3, -0.25) is 0 Å². The molecule has 2 N–H and O–H groups in total. The molecule has 2 aliphatic carbocycles. The fraction of sp³-hybridized carbons (Fsp3) is 0.368. The van der Waals surface area contributed by atoms with E-state index in [0.717, 1.165) is 25.8 Å². The van der Waals surface area contributed by atoms with Gasteiger partial charge in [-0.2, -0.15) is 0 Å². The van der Waals surface area contributed by atoms with E-state index in [0.29, 0.717) is 5.92 Å². The predicted molar refractivity (Wildman–Crippen MR) is 85.7 cm³/mol. The first-order valence-electron chi connectivity index (χ1n) is 7.74. The van der Waals surface area contributed by atoms with Crippen molar-refractivity contribution in [3.63, 3.8) is 0 Å². The van der Waals surface area contributed by atoms with Gasteiger partial charge in [0.25, 0.3) is 0 Å². The molecule has 20 heavy (non-hydrogen) atoms. The molecule has 1 aromatic rings. The van der Waals surface area contributed by atoms with Crippen LogP contribution in [0.15, 0.2) is 59.7 Å². The summed E-state index contributed by atoms with van der Waals surface area (Å²) in [5, 5.41) is 0. The van der Waals surface area contributed by atoms with E-state index < -0.39 is 0 Å². The maximum Gasteiger partial charge on any atom is 0.00949 e. The Morgan fingerprint density at radius 1 is 1.10 bits per heavy atom. The number of hydrogen-bond acceptors (Lipinski definition) is 1. The summed E-state index contributed by atoms with van der Waals surface area (Å²) in [5.41, 5.74) is 11.7. The zero-order valence-corrected chi connectivity index (χ0v) is 12.0. The van der Waals surface area contributed by atoms with E-state index >= 15 is 0 Å². The second kappa shape index (κ2) is 6.23. The van der Waals surface area contributed by atoms with Crippen LogP contribution in [-0.4, -0.2) is 6.54 Å². The number of allylic oxidation sites excluding steroid dienone is 6. The van der Waals surface area contributed by atoms with E-state index in [1.165, 1.54) is 35.1 Å². The van der Waals surface area contributed by atoms with Crippen molar-refractivity contribution in [1.82, 2.24) is 0 Å². The fourth-order valence-corrected chi connectivity index (χ4v) is 3.40. The van der Waals surface area contributed by atoms with Crippen molar-refractivity contribution in [2.75, 3.05) is 6.54 Å². The Bertz CT molecular complexity index is 563. The second-order valence-electron chi connectivity index (χ2n) is 5.72. The lowest BCUT2D eigenvalue weighted by molar-refractivity contribution is 0.625. The van der Waals surface area contributed by atoms with Crippen molar-refractivity contribution >= 4 is 0 Å². The van der Waals surface area contributed by atoms with E-state index in [9.17, 15) is 0 Å². The molecule has 1 nitrogen and oxygen atoms in total. The minimum Gasteiger partial charge on any atom is -0.330 e. The first-order valence-corrected chi connectivity index (χ1v) is 7.74. The summed E-state index contributed by atoms with van der Waals surface area (Å²) in [4.78, 5) is 0. The molecule has 0 fully saturated rings. The Balaban J connectivity index is 1.97. The fourth-order valence-electron chi connectivity index (χ4n) is 3.40. The first-order chi connectivity index (χ1) is 9.90. The minimum absolute atomic E-state index is 0.552. The standard InChI is InChI=1S/C19H23N/c20-14-6-5-11-19-17-9-3-1-7-15(17)12-13-16-8-2-4-10-18(16)19/h1-4,7,9-10,13,19H,5-6,8,11-12,14,20H2. The van der Waals surface area contributed by atoms with Gasteiger partial charge in [-0.25, -0.2) is 0 Å². The number of benzene rings is 1. The number of hydrogen-bond donors (Lipinski definition) is 1. The summed E-state index contributed by atoms with van der Waals surface area (Å²) < 4.78 is 0. The van der Waals surface area contributed by atoms with E-state index in [1.54, 1.807) is 0 Å². The molecule has 0 saturated heterocycles. The summed E-state index contributed by atoms with van der Waals surface area (Å²) in [6, 6.07) is 8.95. The highest BCUT2D eigenvalue weighted by atomic mass is 14.5. The summed E-state index contributed by atoms with van der Waals surface area (Å²) in [6.07, 6.45) is 15.0. The quantitative estimate of drug-likeness (QED) is 0.808. The first kappa shape index (κ1) is 13.4. The van der Waals surface area contributed by atoms with Crippen LogP contribution in [0.25, 0.3) is 0 Å². The van der Waals surface area contributed by atoms with Gasteiger partial charge in [0, 0.05) is 5.92 Å². The number of nitrogens with two attached hydrogens (primary N) is 1. The molecule has 1 heteroatoms. The van der Waals surface area contributed by atoms with Crippen LogP contribution in [0.2, 0.25) is 0 Å². The lowest BCUT2D eigenvalue weighted by atomic mass is 9.81. The zero-order chi connectivity index (χ0) is 13.8. The van der Waals surface area contributed by atoms with Gasteiger partial charge in [0.2, 0.25) is 0 Å². The van der Waals surface area contributed by atoms with Gasteiger partial charge in [-0.1, -0.05) is 55.0 Å². The van der Waals surface area contributed by atoms with Crippen molar-refractivity contribution in [2.45, 2.75) is 38.0 Å². The smallest absolute Gasteiger partial charge is 0.00949 e. The van der Waals surface area contributed by atoms with Crippen LogP contribution in [0, 0.1) is 0 Å². The lowest BCUT2D eigenvalue weighted by Gasteiger charge is -2.24. The van der Waals surface area contributed by atoms with Gasteiger partial charge >= 0.3 is 0 Å². The van der Waals surface area contributed by atoms with Gasteiger partial charge in [0.05, 0.1) is 0 Å². The van der Waals surface area contributed by atoms with Gasteiger partial charge in [-0.05, 0) is 54.5 Å². The van der Waals surface area contributed by atoms with Crippen molar-refractivity contribution < 1.29 is 0 Å². The molecule has 0 aromatic heterocycles. The highest BCUT2D eigenvalue weighted by Gasteiger charge is 2.24. The van der Waals surface area contributed by atoms with Crippen molar-refractivity contribution in [3.8, 4) is 0 Å². The van der Waals surface area contributed by atoms with Crippen LogP contribution in [-0.2, 0) is 6.42 Å². The molecule has 0 spiro atoms. The van der Waals surface area contributed by atoms with Crippen LogP contribution in [0.5, 0.6) is 0 Å². The minimum atomic E-state index is 0.552. The van der Waals surface area contributed by atoms with Crippen LogP contribution in [0.4, 0.5) is 0 Å². The molecule has 1 unspecified atom stereocenters. The molecule has 104 valence electrons. The Labute approximate surface area is 121 Å². The molecule has 0 radical (unpaired) electrons. The van der Waals surface area contributed by atoms with Crippen LogP contribution < -0.4 is 5.73 Å². The molecular formula is C19H23N. The molecule has 0 heterocycles. The second-order valence-corrected chi connectivity index (χ2v) is 5.72. The highest BCUT2D eigenvalue weighted by molar-refractivity contribution is 5.51. The van der Waals surface area contributed by atoms with Crippen molar-refractivity contribution in [2.24, 2.45) is 5.73 Å². The molecule has 1 atom stereocenters. The van der Waals surface area contributed by atoms with Crippen LogP contribution >= 0.6 is 0 Å². The largest absolute Gasteiger partial charge is 0.330 e. The average molecular weight is 265 g/mol. The van der Waals surface area contributed by atoms with E-state index in [1.807, 2.05) is 0 Å². The summed E-state index contributed by atoms with van der Waals surface area (Å²) in [7, 11) is 0. The third-order valence-corrected chi connectivity index (χ3v) is 4.44. The van der Waals surface area contributed by atoms with Gasteiger partial charge in [0.15, 0.2) is 0 Å². The Morgan fingerprint density at radius 2 is 2.00 bits per heavy atom. The zero-order valence-electron chi connectivity index (χ0n) is 12.0. The SMILES string of the molecule is NCCCCC1C2=CC=CCC2=CCc2ccccc21. The maximum atomic E-state index is 5.66. The number of fused-ring (bicyclic) bond motifs is 2. The highest BCUT2D eigenvalue weighted by Crippen LogP contribution is 2.40. The summed E-state index contributed by atoms with van der Waals surface area (Å²) >= 11 is 0. The van der Waals surface area contributed by atoms with E-state index in [4.69, 9.17) is 5.73 Å². The number of rotatable bonds is 4. The molecule has 3 rings (SSSR count). The van der Waals surface area contributed by atoms with E-state index in [-0.39, 0.29) is 0 Å². The predicted octanol–water partition coefficient (Wildman–Crippen LogP) is 4.27. The van der Waals surface area contributed by atoms with Crippen molar-refractivity contribution in [1.29, 1.82) is 0 Å². The van der Waals surface area contributed by atoms with Crippen LogP contribution in [0.3, 0.4) is 0 Å². The average Bonchev–Trinajstić information content (AvgIpc) is 2.66. The molecule has 0 aliphatic heterocycles. The Hall–Kier alpha value is -1.60. The Kier molecular flexibility index (Phi) is 4.17. The molecule has 0 bridgehead atoms. The summed E-state index contributed by atoms with van der Waals surface area (Å²) in [6.45, 7) is 0.802. The third-order valence-electron chi connectivity index (χ3n) is 4.44.